The molecule has 1 aliphatic heterocycles. The first kappa shape index (κ1) is 9.22. The number of aliphatic hydroxyl groups excluding tert-OH is 1. The van der Waals surface area contributed by atoms with Gasteiger partial charge in [-0.15, -0.1) is 6.58 Å². The zero-order valence-electron chi connectivity index (χ0n) is 8.04. The third-order valence-corrected chi connectivity index (χ3v) is 3.42. The van der Waals surface area contributed by atoms with Gasteiger partial charge in [-0.1, -0.05) is 25.3 Å². The largest absolute Gasteiger partial charge is 0.389 e. The van der Waals surface area contributed by atoms with Crippen LogP contribution in [0.5, 0.6) is 0 Å². The van der Waals surface area contributed by atoms with Gasteiger partial charge in [0.2, 0.25) is 0 Å². The van der Waals surface area contributed by atoms with Crippen LogP contribution in [-0.2, 0) is 4.74 Å². The molecule has 1 saturated heterocycles. The molecule has 1 N–H and O–H groups in total. The Morgan fingerprint density at radius 2 is 2.00 bits per heavy atom. The SMILES string of the molecule is C=CC1(C(O)C2CCCCC2)CO1. The maximum absolute atomic E-state index is 10.1. The van der Waals surface area contributed by atoms with Crippen LogP contribution in [0.3, 0.4) is 0 Å². The van der Waals surface area contributed by atoms with E-state index in [4.69, 9.17) is 4.74 Å². The van der Waals surface area contributed by atoms with Crippen molar-refractivity contribution in [1.82, 2.24) is 0 Å². The summed E-state index contributed by atoms with van der Waals surface area (Å²) < 4.78 is 5.29. The lowest BCUT2D eigenvalue weighted by Crippen LogP contribution is -2.36. The molecule has 0 aromatic carbocycles. The van der Waals surface area contributed by atoms with Gasteiger partial charge in [-0.05, 0) is 18.8 Å². The van der Waals surface area contributed by atoms with Gasteiger partial charge in [-0.3, -0.25) is 0 Å². The van der Waals surface area contributed by atoms with Gasteiger partial charge in [0.25, 0.3) is 0 Å². The number of ether oxygens (including phenoxy) is 1. The molecule has 0 aromatic heterocycles. The first-order valence-corrected chi connectivity index (χ1v) is 5.24. The number of hydrogen-bond donors (Lipinski definition) is 1. The molecular formula is C11H18O2. The van der Waals surface area contributed by atoms with Crippen LogP contribution in [0.1, 0.15) is 32.1 Å². The van der Waals surface area contributed by atoms with Crippen molar-refractivity contribution in [3.8, 4) is 0 Å². The van der Waals surface area contributed by atoms with Gasteiger partial charge in [-0.25, -0.2) is 0 Å². The second-order valence-corrected chi connectivity index (χ2v) is 4.29. The average Bonchev–Trinajstić information content (AvgIpc) is 2.99. The van der Waals surface area contributed by atoms with Crippen LogP contribution in [0.4, 0.5) is 0 Å². The lowest BCUT2D eigenvalue weighted by Gasteiger charge is -2.29. The summed E-state index contributed by atoms with van der Waals surface area (Å²) in [6.45, 7) is 4.39. The van der Waals surface area contributed by atoms with Crippen molar-refractivity contribution in [3.05, 3.63) is 12.7 Å². The van der Waals surface area contributed by atoms with Crippen molar-refractivity contribution in [1.29, 1.82) is 0 Å². The molecule has 2 unspecified atom stereocenters. The number of hydrogen-bond acceptors (Lipinski definition) is 2. The molecule has 0 bridgehead atoms. The molecule has 1 heterocycles. The molecule has 2 heteroatoms. The van der Waals surface area contributed by atoms with E-state index in [-0.39, 0.29) is 11.7 Å². The summed E-state index contributed by atoms with van der Waals surface area (Å²) in [6, 6.07) is 0. The van der Waals surface area contributed by atoms with E-state index in [0.717, 1.165) is 12.8 Å². The zero-order valence-corrected chi connectivity index (χ0v) is 8.04. The Kier molecular flexibility index (Phi) is 2.43. The van der Waals surface area contributed by atoms with Gasteiger partial charge in [0.1, 0.15) is 5.60 Å². The van der Waals surface area contributed by atoms with E-state index < -0.39 is 0 Å². The lowest BCUT2D eigenvalue weighted by molar-refractivity contribution is 0.0316. The van der Waals surface area contributed by atoms with Gasteiger partial charge >= 0.3 is 0 Å². The first-order valence-electron chi connectivity index (χ1n) is 5.24. The Hall–Kier alpha value is -0.340. The Labute approximate surface area is 79.6 Å². The second kappa shape index (κ2) is 3.43. The van der Waals surface area contributed by atoms with Gasteiger partial charge in [-0.2, -0.15) is 0 Å². The molecule has 1 saturated carbocycles. The van der Waals surface area contributed by atoms with Crippen LogP contribution < -0.4 is 0 Å². The van der Waals surface area contributed by atoms with Gasteiger partial charge in [0.05, 0.1) is 12.7 Å². The van der Waals surface area contributed by atoms with Gasteiger partial charge in [0.15, 0.2) is 0 Å². The van der Waals surface area contributed by atoms with Gasteiger partial charge < -0.3 is 9.84 Å². The fraction of sp³-hybridized carbons (Fsp3) is 0.818. The van der Waals surface area contributed by atoms with Crippen LogP contribution in [0.15, 0.2) is 12.7 Å². The molecule has 1 aliphatic carbocycles. The highest BCUT2D eigenvalue weighted by atomic mass is 16.6. The van der Waals surface area contributed by atoms with E-state index in [9.17, 15) is 5.11 Å². The molecule has 0 aromatic rings. The summed E-state index contributed by atoms with van der Waals surface area (Å²) in [4.78, 5) is 0. The highest BCUT2D eigenvalue weighted by Crippen LogP contribution is 2.40. The third-order valence-electron chi connectivity index (χ3n) is 3.42. The smallest absolute Gasteiger partial charge is 0.135 e. The molecule has 2 nitrogen and oxygen atoms in total. The van der Waals surface area contributed by atoms with Crippen molar-refractivity contribution in [2.45, 2.75) is 43.8 Å². The molecule has 0 radical (unpaired) electrons. The fourth-order valence-electron chi connectivity index (χ4n) is 2.34. The third kappa shape index (κ3) is 1.65. The molecule has 2 rings (SSSR count). The minimum atomic E-state index is -0.373. The van der Waals surface area contributed by atoms with E-state index in [1.165, 1.54) is 19.3 Å². The topological polar surface area (TPSA) is 32.8 Å². The molecule has 13 heavy (non-hydrogen) atoms. The van der Waals surface area contributed by atoms with Crippen molar-refractivity contribution >= 4 is 0 Å². The normalized spacial score (nSPS) is 37.0. The average molecular weight is 182 g/mol. The van der Waals surface area contributed by atoms with Crippen LogP contribution in [0.25, 0.3) is 0 Å². The first-order chi connectivity index (χ1) is 6.28. The molecule has 2 fully saturated rings. The summed E-state index contributed by atoms with van der Waals surface area (Å²) >= 11 is 0. The number of epoxide rings is 1. The minimum Gasteiger partial charge on any atom is -0.389 e. The van der Waals surface area contributed by atoms with E-state index in [0.29, 0.717) is 12.5 Å². The van der Waals surface area contributed by atoms with Crippen molar-refractivity contribution in [3.63, 3.8) is 0 Å². The predicted octanol–water partition coefficient (Wildman–Crippen LogP) is 1.88. The molecular weight excluding hydrogens is 164 g/mol. The quantitative estimate of drug-likeness (QED) is 0.534. The lowest BCUT2D eigenvalue weighted by atomic mass is 9.80. The van der Waals surface area contributed by atoms with Crippen LogP contribution in [0.2, 0.25) is 0 Å². The summed E-state index contributed by atoms with van der Waals surface area (Å²) in [5, 5.41) is 10.1. The van der Waals surface area contributed by atoms with Crippen molar-refractivity contribution in [2.24, 2.45) is 5.92 Å². The Morgan fingerprint density at radius 3 is 2.46 bits per heavy atom. The summed E-state index contributed by atoms with van der Waals surface area (Å²) in [6.07, 6.45) is 7.60. The van der Waals surface area contributed by atoms with Crippen LogP contribution in [-0.4, -0.2) is 23.4 Å². The Bertz CT molecular complexity index is 190. The molecule has 0 amide bonds. The molecule has 74 valence electrons. The maximum Gasteiger partial charge on any atom is 0.135 e. The fourth-order valence-corrected chi connectivity index (χ4v) is 2.34. The highest BCUT2D eigenvalue weighted by molar-refractivity contribution is 5.12. The Balaban J connectivity index is 1.95. The zero-order chi connectivity index (χ0) is 9.31. The van der Waals surface area contributed by atoms with E-state index in [1.807, 2.05) is 0 Å². The predicted molar refractivity (Wildman–Crippen MR) is 51.5 cm³/mol. The molecule has 2 atom stereocenters. The van der Waals surface area contributed by atoms with E-state index >= 15 is 0 Å². The molecule has 0 spiro atoms. The summed E-state index contributed by atoms with van der Waals surface area (Å²) in [5.74, 6) is 0.439. The van der Waals surface area contributed by atoms with Crippen molar-refractivity contribution < 1.29 is 9.84 Å². The van der Waals surface area contributed by atoms with Crippen LogP contribution in [0, 0.1) is 5.92 Å². The number of aliphatic hydroxyl groups is 1. The van der Waals surface area contributed by atoms with Crippen molar-refractivity contribution in [2.75, 3.05) is 6.61 Å². The minimum absolute atomic E-state index is 0.315. The molecule has 2 aliphatic rings. The highest BCUT2D eigenvalue weighted by Gasteiger charge is 2.51. The number of rotatable bonds is 3. The maximum atomic E-state index is 10.1. The van der Waals surface area contributed by atoms with Gasteiger partial charge in [0, 0.05) is 0 Å². The van der Waals surface area contributed by atoms with E-state index in [1.54, 1.807) is 6.08 Å². The summed E-state index contributed by atoms with van der Waals surface area (Å²) in [7, 11) is 0. The standard InChI is InChI=1S/C11H18O2/c1-2-11(8-13-11)10(12)9-6-4-3-5-7-9/h2,9-10,12H,1,3-8H2. The second-order valence-electron chi connectivity index (χ2n) is 4.29. The van der Waals surface area contributed by atoms with Crippen LogP contribution >= 0.6 is 0 Å². The summed E-state index contributed by atoms with van der Waals surface area (Å²) in [5.41, 5.74) is -0.373. The van der Waals surface area contributed by atoms with E-state index in [2.05, 4.69) is 6.58 Å². The Morgan fingerprint density at radius 1 is 1.38 bits per heavy atom. The monoisotopic (exact) mass is 182 g/mol.